The lowest BCUT2D eigenvalue weighted by Crippen LogP contribution is -2.29. The van der Waals surface area contributed by atoms with Crippen molar-refractivity contribution in [2.45, 2.75) is 30.5 Å². The molecular formula is C33H24O4. The fourth-order valence-electron chi connectivity index (χ4n) is 4.86. The summed E-state index contributed by atoms with van der Waals surface area (Å²) in [5.74, 6) is 14.9. The number of hydrogen-bond donors (Lipinski definition) is 2. The van der Waals surface area contributed by atoms with Crippen LogP contribution in [0.1, 0.15) is 41.5 Å². The van der Waals surface area contributed by atoms with Crippen molar-refractivity contribution >= 4 is 0 Å². The largest absolute Gasteiger partial charge is 0.456 e. The molecule has 0 fully saturated rings. The number of benzene rings is 4. The average molecular weight is 485 g/mol. The first kappa shape index (κ1) is 23.0. The van der Waals surface area contributed by atoms with E-state index in [-0.39, 0.29) is 0 Å². The van der Waals surface area contributed by atoms with E-state index in [9.17, 15) is 10.2 Å². The van der Waals surface area contributed by atoms with E-state index in [1.807, 2.05) is 97.1 Å². The normalized spacial score (nSPS) is 15.0. The third-order valence-electron chi connectivity index (χ3n) is 6.69. The zero-order chi connectivity index (χ0) is 25.3. The summed E-state index contributed by atoms with van der Waals surface area (Å²) >= 11 is 0. The van der Waals surface area contributed by atoms with Crippen molar-refractivity contribution in [2.24, 2.45) is 0 Å². The van der Waals surface area contributed by atoms with Crippen molar-refractivity contribution in [3.63, 3.8) is 0 Å². The third kappa shape index (κ3) is 3.94. The summed E-state index contributed by atoms with van der Waals surface area (Å²) in [4.78, 5) is 0. The molecule has 4 aromatic carbocycles. The van der Waals surface area contributed by atoms with Gasteiger partial charge in [0.05, 0.1) is 0 Å². The molecule has 37 heavy (non-hydrogen) atoms. The van der Waals surface area contributed by atoms with Crippen molar-refractivity contribution in [1.82, 2.24) is 0 Å². The first-order valence-electron chi connectivity index (χ1n) is 12.3. The molecule has 0 unspecified atom stereocenters. The van der Waals surface area contributed by atoms with Gasteiger partial charge in [-0.15, -0.1) is 0 Å². The second kappa shape index (κ2) is 9.19. The molecule has 180 valence electrons. The van der Waals surface area contributed by atoms with E-state index < -0.39 is 11.2 Å². The SMILES string of the molecule is OC1(C#CCCCC#CC2(O)c3ccccc3Oc3ccccc32)c2ccccc2Oc2ccccc21. The number of para-hydroxylation sites is 4. The van der Waals surface area contributed by atoms with Crippen LogP contribution >= 0.6 is 0 Å². The van der Waals surface area contributed by atoms with Crippen molar-refractivity contribution in [3.05, 3.63) is 119 Å². The minimum absolute atomic E-state index is 0.552. The first-order chi connectivity index (χ1) is 18.1. The Morgan fingerprint density at radius 2 is 0.784 bits per heavy atom. The van der Waals surface area contributed by atoms with Gasteiger partial charge in [0, 0.05) is 35.1 Å². The van der Waals surface area contributed by atoms with Gasteiger partial charge in [-0.05, 0) is 30.7 Å². The number of unbranched alkanes of at least 4 members (excludes halogenated alkanes) is 2. The summed E-state index contributed by atoms with van der Waals surface area (Å²) in [6.45, 7) is 0. The van der Waals surface area contributed by atoms with Crippen LogP contribution in [-0.2, 0) is 11.2 Å². The average Bonchev–Trinajstić information content (AvgIpc) is 2.93. The molecular weight excluding hydrogens is 460 g/mol. The number of fused-ring (bicyclic) bond motifs is 4. The van der Waals surface area contributed by atoms with Crippen molar-refractivity contribution in [3.8, 4) is 46.7 Å². The van der Waals surface area contributed by atoms with Gasteiger partial charge in [-0.2, -0.15) is 0 Å². The van der Waals surface area contributed by atoms with E-state index in [0.29, 0.717) is 64.5 Å². The second-order valence-electron chi connectivity index (χ2n) is 9.07. The van der Waals surface area contributed by atoms with Crippen molar-refractivity contribution < 1.29 is 19.7 Å². The number of hydrogen-bond acceptors (Lipinski definition) is 4. The highest BCUT2D eigenvalue weighted by Crippen LogP contribution is 2.47. The highest BCUT2D eigenvalue weighted by molar-refractivity contribution is 5.61. The van der Waals surface area contributed by atoms with Crippen molar-refractivity contribution in [1.29, 1.82) is 0 Å². The summed E-state index contributed by atoms with van der Waals surface area (Å²) in [6.07, 6.45) is 1.81. The fourth-order valence-corrected chi connectivity index (χ4v) is 4.86. The summed E-state index contributed by atoms with van der Waals surface area (Å²) in [5, 5.41) is 23.3. The minimum Gasteiger partial charge on any atom is -0.456 e. The quantitative estimate of drug-likeness (QED) is 0.261. The zero-order valence-electron chi connectivity index (χ0n) is 20.1. The summed E-state index contributed by atoms with van der Waals surface area (Å²) < 4.78 is 11.9. The van der Waals surface area contributed by atoms with Gasteiger partial charge in [-0.3, -0.25) is 0 Å². The Hall–Kier alpha value is -4.48. The first-order valence-corrected chi connectivity index (χ1v) is 12.3. The Kier molecular flexibility index (Phi) is 5.70. The lowest BCUT2D eigenvalue weighted by atomic mass is 9.83. The van der Waals surface area contributed by atoms with Crippen LogP contribution in [0.4, 0.5) is 0 Å². The number of rotatable bonds is 2. The Bertz CT molecular complexity index is 1400. The lowest BCUT2D eigenvalue weighted by Gasteiger charge is -2.32. The molecule has 6 rings (SSSR count). The summed E-state index contributed by atoms with van der Waals surface area (Å²) in [7, 11) is 0. The van der Waals surface area contributed by atoms with Gasteiger partial charge in [0.1, 0.15) is 23.0 Å². The van der Waals surface area contributed by atoms with Crippen LogP contribution in [0.3, 0.4) is 0 Å². The molecule has 0 bridgehead atoms. The van der Waals surface area contributed by atoms with Gasteiger partial charge >= 0.3 is 0 Å². The van der Waals surface area contributed by atoms with E-state index >= 15 is 0 Å². The van der Waals surface area contributed by atoms with Crippen LogP contribution in [0.25, 0.3) is 0 Å². The maximum absolute atomic E-state index is 11.6. The fraction of sp³-hybridized carbons (Fsp3) is 0.152. The Morgan fingerprint density at radius 1 is 0.486 bits per heavy atom. The zero-order valence-corrected chi connectivity index (χ0v) is 20.1. The van der Waals surface area contributed by atoms with Gasteiger partial charge in [-0.25, -0.2) is 0 Å². The monoisotopic (exact) mass is 484 g/mol. The minimum atomic E-state index is -1.44. The van der Waals surface area contributed by atoms with Gasteiger partial charge in [0.25, 0.3) is 0 Å². The lowest BCUT2D eigenvalue weighted by molar-refractivity contribution is 0.131. The molecule has 4 nitrogen and oxygen atoms in total. The Morgan fingerprint density at radius 3 is 1.11 bits per heavy atom. The molecule has 0 spiro atoms. The molecule has 0 radical (unpaired) electrons. The molecule has 0 saturated carbocycles. The maximum Gasteiger partial charge on any atom is 0.184 e. The van der Waals surface area contributed by atoms with E-state index in [0.717, 1.165) is 0 Å². The van der Waals surface area contributed by atoms with Crippen LogP contribution in [0, 0.1) is 23.7 Å². The molecule has 0 aliphatic carbocycles. The second-order valence-corrected chi connectivity index (χ2v) is 9.07. The van der Waals surface area contributed by atoms with Crippen LogP contribution < -0.4 is 9.47 Å². The van der Waals surface area contributed by atoms with E-state index in [4.69, 9.17) is 9.47 Å². The molecule has 2 heterocycles. The highest BCUT2D eigenvalue weighted by Gasteiger charge is 2.40. The molecule has 4 heteroatoms. The molecule has 2 N–H and O–H groups in total. The molecule has 0 atom stereocenters. The topological polar surface area (TPSA) is 58.9 Å². The Balaban J connectivity index is 1.20. The molecule has 0 amide bonds. The van der Waals surface area contributed by atoms with Crippen LogP contribution in [0.15, 0.2) is 97.1 Å². The van der Waals surface area contributed by atoms with Crippen LogP contribution in [0.2, 0.25) is 0 Å². The predicted octanol–water partition coefficient (Wildman–Crippen LogP) is 6.25. The third-order valence-corrected chi connectivity index (χ3v) is 6.69. The molecule has 0 aromatic heterocycles. The van der Waals surface area contributed by atoms with Crippen LogP contribution in [0.5, 0.6) is 23.0 Å². The number of ether oxygens (including phenoxy) is 2. The molecule has 0 saturated heterocycles. The maximum atomic E-state index is 11.6. The molecule has 2 aliphatic rings. The summed E-state index contributed by atoms with van der Waals surface area (Å²) in [6, 6.07) is 29.7. The highest BCUT2D eigenvalue weighted by atomic mass is 16.5. The van der Waals surface area contributed by atoms with Gasteiger partial charge in [0.15, 0.2) is 11.2 Å². The van der Waals surface area contributed by atoms with E-state index in [1.54, 1.807) is 0 Å². The summed E-state index contributed by atoms with van der Waals surface area (Å²) in [5.41, 5.74) is -0.330. The van der Waals surface area contributed by atoms with Crippen LogP contribution in [-0.4, -0.2) is 10.2 Å². The van der Waals surface area contributed by atoms with Gasteiger partial charge in [0.2, 0.25) is 0 Å². The molecule has 4 aromatic rings. The number of aliphatic hydroxyl groups is 2. The smallest absolute Gasteiger partial charge is 0.184 e. The molecule has 2 aliphatic heterocycles. The standard InChI is InChI=1S/C33H24O4/c34-32(24-14-4-8-18-28(24)36-29-19-9-5-15-25(29)32)22-12-2-1-3-13-23-33(35)26-16-6-10-20-30(26)37-31-21-11-7-17-27(31)33/h4-11,14-21,34-35H,1-3H2. The van der Waals surface area contributed by atoms with E-state index in [1.165, 1.54) is 0 Å². The van der Waals surface area contributed by atoms with Crippen molar-refractivity contribution in [2.75, 3.05) is 0 Å². The predicted molar refractivity (Wildman–Crippen MR) is 141 cm³/mol. The Labute approximate surface area is 216 Å². The van der Waals surface area contributed by atoms with E-state index in [2.05, 4.69) is 23.7 Å². The van der Waals surface area contributed by atoms with Gasteiger partial charge in [-0.1, -0.05) is 96.5 Å². The van der Waals surface area contributed by atoms with Gasteiger partial charge < -0.3 is 19.7 Å².